The molecule has 3 aromatic rings. The van der Waals surface area contributed by atoms with Gasteiger partial charge in [0.2, 0.25) is 5.91 Å². The van der Waals surface area contributed by atoms with Crippen molar-refractivity contribution in [1.82, 2.24) is 9.55 Å². The molecule has 0 aliphatic rings. The molecule has 2 N–H and O–H groups in total. The van der Waals surface area contributed by atoms with Crippen molar-refractivity contribution in [2.75, 3.05) is 17.2 Å². The van der Waals surface area contributed by atoms with Crippen molar-refractivity contribution >= 4 is 28.3 Å². The number of hydrogen-bond donors (Lipinski definition) is 2. The molecule has 0 atom stereocenters. The number of para-hydroxylation sites is 1. The smallest absolute Gasteiger partial charge is 0.350 e. The molecule has 152 valence electrons. The first kappa shape index (κ1) is 20.6. The Bertz CT molecular complexity index is 1040. The molecule has 0 bridgehead atoms. The first-order valence-electron chi connectivity index (χ1n) is 10.1. The van der Waals surface area contributed by atoms with Gasteiger partial charge in [0.15, 0.2) is 0 Å². The van der Waals surface area contributed by atoms with Gasteiger partial charge in [0, 0.05) is 17.6 Å². The minimum absolute atomic E-state index is 0.0891. The average molecular weight is 393 g/mol. The van der Waals surface area contributed by atoms with E-state index in [1.165, 1.54) is 10.1 Å². The second-order valence-corrected chi connectivity index (χ2v) is 7.55. The van der Waals surface area contributed by atoms with Gasteiger partial charge in [-0.05, 0) is 48.6 Å². The summed E-state index contributed by atoms with van der Waals surface area (Å²) in [6, 6.07) is 15.2. The van der Waals surface area contributed by atoms with Crippen LogP contribution in [0, 0.1) is 5.92 Å². The number of benzene rings is 2. The van der Waals surface area contributed by atoms with E-state index in [1.807, 2.05) is 48.5 Å². The van der Waals surface area contributed by atoms with Gasteiger partial charge in [0.25, 0.3) is 0 Å². The number of nitrogens with one attached hydrogen (secondary N) is 2. The molecular formula is C23H28N4O2. The third-order valence-corrected chi connectivity index (χ3v) is 4.85. The Balaban J connectivity index is 1.82. The van der Waals surface area contributed by atoms with Gasteiger partial charge in [-0.3, -0.25) is 9.36 Å². The average Bonchev–Trinajstić information content (AvgIpc) is 2.71. The number of nitrogens with zero attached hydrogens (tertiary/aromatic N) is 2. The van der Waals surface area contributed by atoms with Gasteiger partial charge in [-0.25, -0.2) is 4.79 Å². The SMILES string of the molecule is CCc1ccc(NC(=O)Cn2c(=O)nc(NCCC(C)C)c3ccccc32)cc1. The quantitative estimate of drug-likeness (QED) is 0.606. The standard InChI is InChI=1S/C23H28N4O2/c1-4-17-9-11-18(12-10-17)25-21(28)15-27-20-8-6-5-7-19(20)22(26-23(27)29)24-14-13-16(2)3/h5-12,16H,4,13-15H2,1-3H3,(H,25,28)(H,24,26,29). The third kappa shape index (κ3) is 5.22. The molecule has 2 aromatic carbocycles. The molecule has 0 aliphatic heterocycles. The highest BCUT2D eigenvalue weighted by Gasteiger charge is 2.13. The highest BCUT2D eigenvalue weighted by atomic mass is 16.2. The maximum absolute atomic E-state index is 12.7. The summed E-state index contributed by atoms with van der Waals surface area (Å²) in [4.78, 5) is 29.4. The van der Waals surface area contributed by atoms with E-state index in [0.717, 1.165) is 24.8 Å². The van der Waals surface area contributed by atoms with Gasteiger partial charge in [0.1, 0.15) is 12.4 Å². The summed E-state index contributed by atoms with van der Waals surface area (Å²) < 4.78 is 1.42. The van der Waals surface area contributed by atoms with Crippen LogP contribution in [0.1, 0.15) is 32.8 Å². The van der Waals surface area contributed by atoms with E-state index in [2.05, 4.69) is 36.4 Å². The second kappa shape index (κ2) is 9.37. The number of carbonyl (C=O) groups is 1. The number of fused-ring (bicyclic) bond motifs is 1. The van der Waals surface area contributed by atoms with Gasteiger partial charge in [0.05, 0.1) is 5.52 Å². The second-order valence-electron chi connectivity index (χ2n) is 7.55. The molecule has 6 heteroatoms. The third-order valence-electron chi connectivity index (χ3n) is 4.85. The van der Waals surface area contributed by atoms with E-state index >= 15 is 0 Å². The summed E-state index contributed by atoms with van der Waals surface area (Å²) in [5.74, 6) is 0.867. The number of carbonyl (C=O) groups excluding carboxylic acids is 1. The van der Waals surface area contributed by atoms with Crippen LogP contribution in [0.5, 0.6) is 0 Å². The number of aryl methyl sites for hydroxylation is 1. The van der Waals surface area contributed by atoms with Crippen molar-refractivity contribution in [2.45, 2.75) is 40.2 Å². The monoisotopic (exact) mass is 392 g/mol. The Hall–Kier alpha value is -3.15. The van der Waals surface area contributed by atoms with E-state index in [1.54, 1.807) is 0 Å². The largest absolute Gasteiger partial charge is 0.369 e. The van der Waals surface area contributed by atoms with Crippen LogP contribution in [0.3, 0.4) is 0 Å². The number of amides is 1. The van der Waals surface area contributed by atoms with Crippen molar-refractivity contribution in [2.24, 2.45) is 5.92 Å². The van der Waals surface area contributed by atoms with Gasteiger partial charge < -0.3 is 10.6 Å². The zero-order valence-electron chi connectivity index (χ0n) is 17.2. The Morgan fingerprint density at radius 3 is 2.52 bits per heavy atom. The van der Waals surface area contributed by atoms with Gasteiger partial charge in [-0.2, -0.15) is 4.98 Å². The maximum atomic E-state index is 12.7. The highest BCUT2D eigenvalue weighted by Crippen LogP contribution is 2.20. The summed E-state index contributed by atoms with van der Waals surface area (Å²) >= 11 is 0. The van der Waals surface area contributed by atoms with Crippen LogP contribution in [-0.4, -0.2) is 22.0 Å². The van der Waals surface area contributed by atoms with E-state index in [4.69, 9.17) is 0 Å². The number of hydrogen-bond acceptors (Lipinski definition) is 4. The summed E-state index contributed by atoms with van der Waals surface area (Å²) in [6.45, 7) is 7.04. The van der Waals surface area contributed by atoms with Gasteiger partial charge in [-0.1, -0.05) is 45.0 Å². The van der Waals surface area contributed by atoms with Crippen LogP contribution in [0.15, 0.2) is 53.3 Å². The van der Waals surface area contributed by atoms with Gasteiger partial charge >= 0.3 is 5.69 Å². The Kier molecular flexibility index (Phi) is 6.65. The molecule has 0 radical (unpaired) electrons. The molecule has 0 aliphatic carbocycles. The zero-order chi connectivity index (χ0) is 20.8. The number of aromatic nitrogens is 2. The summed E-state index contributed by atoms with van der Waals surface area (Å²) in [6.07, 6.45) is 1.93. The van der Waals surface area contributed by atoms with Crippen LogP contribution in [0.25, 0.3) is 10.9 Å². The van der Waals surface area contributed by atoms with Crippen molar-refractivity contribution < 1.29 is 4.79 Å². The topological polar surface area (TPSA) is 76.0 Å². The fraction of sp³-hybridized carbons (Fsp3) is 0.348. The van der Waals surface area contributed by atoms with Crippen LogP contribution in [0.2, 0.25) is 0 Å². The minimum Gasteiger partial charge on any atom is -0.369 e. The van der Waals surface area contributed by atoms with Crippen LogP contribution in [0.4, 0.5) is 11.5 Å². The molecule has 29 heavy (non-hydrogen) atoms. The summed E-state index contributed by atoms with van der Waals surface area (Å²) in [5.41, 5.74) is 2.17. The van der Waals surface area contributed by atoms with Crippen molar-refractivity contribution in [3.63, 3.8) is 0 Å². The minimum atomic E-state index is -0.438. The lowest BCUT2D eigenvalue weighted by molar-refractivity contribution is -0.116. The summed E-state index contributed by atoms with van der Waals surface area (Å²) in [5, 5.41) is 6.95. The molecular weight excluding hydrogens is 364 g/mol. The van der Waals surface area contributed by atoms with Crippen molar-refractivity contribution in [3.05, 3.63) is 64.6 Å². The predicted octanol–water partition coefficient (Wildman–Crippen LogP) is 4.06. The number of anilines is 2. The van der Waals surface area contributed by atoms with Gasteiger partial charge in [-0.15, -0.1) is 0 Å². The van der Waals surface area contributed by atoms with Crippen LogP contribution >= 0.6 is 0 Å². The molecule has 3 rings (SSSR count). The van der Waals surface area contributed by atoms with Crippen molar-refractivity contribution in [1.29, 1.82) is 0 Å². The normalized spacial score (nSPS) is 11.0. The lowest BCUT2D eigenvalue weighted by atomic mass is 10.1. The van der Waals surface area contributed by atoms with E-state index in [-0.39, 0.29) is 12.5 Å². The molecule has 0 unspecified atom stereocenters. The molecule has 0 saturated heterocycles. The fourth-order valence-corrected chi connectivity index (χ4v) is 3.16. The fourth-order valence-electron chi connectivity index (χ4n) is 3.16. The van der Waals surface area contributed by atoms with E-state index in [9.17, 15) is 9.59 Å². The van der Waals surface area contributed by atoms with E-state index in [0.29, 0.717) is 22.9 Å². The molecule has 1 amide bonds. The first-order valence-corrected chi connectivity index (χ1v) is 10.1. The zero-order valence-corrected chi connectivity index (χ0v) is 17.2. The van der Waals surface area contributed by atoms with Crippen LogP contribution in [-0.2, 0) is 17.8 Å². The Morgan fingerprint density at radius 1 is 1.10 bits per heavy atom. The van der Waals surface area contributed by atoms with Crippen molar-refractivity contribution in [3.8, 4) is 0 Å². The molecule has 6 nitrogen and oxygen atoms in total. The Labute approximate surface area is 171 Å². The summed E-state index contributed by atoms with van der Waals surface area (Å²) in [7, 11) is 0. The predicted molar refractivity (Wildman–Crippen MR) is 118 cm³/mol. The molecule has 1 heterocycles. The molecule has 0 spiro atoms. The maximum Gasteiger partial charge on any atom is 0.350 e. The molecule has 0 saturated carbocycles. The van der Waals surface area contributed by atoms with Crippen LogP contribution < -0.4 is 16.3 Å². The molecule has 0 fully saturated rings. The first-order chi connectivity index (χ1) is 14.0. The lowest BCUT2D eigenvalue weighted by Gasteiger charge is -2.14. The number of rotatable bonds is 8. The highest BCUT2D eigenvalue weighted by molar-refractivity contribution is 5.93. The Morgan fingerprint density at radius 2 is 1.83 bits per heavy atom. The van der Waals surface area contributed by atoms with E-state index < -0.39 is 5.69 Å². The lowest BCUT2D eigenvalue weighted by Crippen LogP contribution is -2.30. The molecule has 1 aromatic heterocycles.